The first-order valence-corrected chi connectivity index (χ1v) is 12.8. The second kappa shape index (κ2) is 9.90. The predicted molar refractivity (Wildman–Crippen MR) is 126 cm³/mol. The molecule has 0 aromatic heterocycles. The van der Waals surface area contributed by atoms with Crippen LogP contribution >= 0.6 is 11.6 Å². The molecule has 0 spiro atoms. The predicted octanol–water partition coefficient (Wildman–Crippen LogP) is 4.07. The third-order valence-electron chi connectivity index (χ3n) is 5.63. The van der Waals surface area contributed by atoms with Crippen molar-refractivity contribution in [2.75, 3.05) is 24.7 Å². The van der Waals surface area contributed by atoms with E-state index in [4.69, 9.17) is 16.3 Å². The maximum atomic E-state index is 12.1. The molecule has 0 radical (unpaired) electrons. The monoisotopic (exact) mass is 465 g/mol. The largest absolute Gasteiger partial charge is 0.491 e. The van der Waals surface area contributed by atoms with Gasteiger partial charge in [0.05, 0.1) is 11.5 Å². The van der Waals surface area contributed by atoms with Crippen molar-refractivity contribution < 1.29 is 18.3 Å². The van der Waals surface area contributed by atoms with Gasteiger partial charge >= 0.3 is 0 Å². The van der Waals surface area contributed by atoms with E-state index in [0.29, 0.717) is 30.3 Å². The maximum Gasteiger partial charge on any atom is 0.151 e. The summed E-state index contributed by atoms with van der Waals surface area (Å²) in [5.74, 6) is 0.975. The van der Waals surface area contributed by atoms with Gasteiger partial charge in [-0.1, -0.05) is 56.6 Å². The summed E-state index contributed by atoms with van der Waals surface area (Å²) in [6.07, 6.45) is -0.152. The average Bonchev–Trinajstić information content (AvgIpc) is 3.06. The van der Waals surface area contributed by atoms with Crippen molar-refractivity contribution in [3.05, 3.63) is 64.7 Å². The second-order valence-electron chi connectivity index (χ2n) is 9.35. The van der Waals surface area contributed by atoms with Crippen LogP contribution in [0.1, 0.15) is 38.3 Å². The van der Waals surface area contributed by atoms with E-state index < -0.39 is 15.9 Å². The number of nitrogens with zero attached hydrogens (tertiary/aromatic N) is 1. The highest BCUT2D eigenvalue weighted by atomic mass is 35.5. The number of benzene rings is 2. The fourth-order valence-corrected chi connectivity index (χ4v) is 5.68. The van der Waals surface area contributed by atoms with Gasteiger partial charge < -0.3 is 9.84 Å². The van der Waals surface area contributed by atoms with Crippen LogP contribution in [0.4, 0.5) is 0 Å². The Labute approximate surface area is 190 Å². The highest BCUT2D eigenvalue weighted by Crippen LogP contribution is 2.24. The van der Waals surface area contributed by atoms with Crippen LogP contribution in [0.2, 0.25) is 5.02 Å². The molecule has 1 saturated heterocycles. The standard InChI is InChI=1S/C24H32ClNO4S/c1-24(2,3)19-6-4-18(5-7-19)14-26(21-12-13-31(28,29)17-21)15-22(27)16-30-23-10-8-20(25)9-11-23/h4-11,21-22,27H,12-17H2,1-3H3. The van der Waals surface area contributed by atoms with E-state index in [1.54, 1.807) is 24.3 Å². The van der Waals surface area contributed by atoms with Crippen molar-refractivity contribution in [2.45, 2.75) is 51.3 Å². The van der Waals surface area contributed by atoms with E-state index in [1.807, 2.05) is 0 Å². The van der Waals surface area contributed by atoms with Gasteiger partial charge in [0.15, 0.2) is 9.84 Å². The fraction of sp³-hybridized carbons (Fsp3) is 0.500. The molecular formula is C24H32ClNO4S. The lowest BCUT2D eigenvalue weighted by atomic mass is 9.86. The molecule has 2 atom stereocenters. The summed E-state index contributed by atoms with van der Waals surface area (Å²) in [5.41, 5.74) is 2.43. The number of aliphatic hydroxyl groups is 1. The molecule has 170 valence electrons. The van der Waals surface area contributed by atoms with E-state index in [0.717, 1.165) is 5.56 Å². The van der Waals surface area contributed by atoms with Gasteiger partial charge in [0.2, 0.25) is 0 Å². The minimum absolute atomic E-state index is 0.0763. The number of hydrogen-bond acceptors (Lipinski definition) is 5. The Morgan fingerprint density at radius 3 is 2.32 bits per heavy atom. The normalized spacial score (nSPS) is 19.5. The molecule has 0 bridgehead atoms. The van der Waals surface area contributed by atoms with Gasteiger partial charge in [-0.25, -0.2) is 8.42 Å². The Kier molecular flexibility index (Phi) is 7.68. The summed E-state index contributed by atoms with van der Waals surface area (Å²) < 4.78 is 29.8. The summed E-state index contributed by atoms with van der Waals surface area (Å²) in [6, 6.07) is 15.3. The SMILES string of the molecule is CC(C)(C)c1ccc(CN(CC(O)COc2ccc(Cl)cc2)C2CCS(=O)(=O)C2)cc1. The molecule has 3 rings (SSSR count). The zero-order valence-corrected chi connectivity index (χ0v) is 20.0. The molecule has 1 aliphatic heterocycles. The quantitative estimate of drug-likeness (QED) is 0.636. The van der Waals surface area contributed by atoms with Crippen LogP contribution in [0.5, 0.6) is 5.75 Å². The lowest BCUT2D eigenvalue weighted by molar-refractivity contribution is 0.0525. The van der Waals surface area contributed by atoms with Crippen molar-refractivity contribution in [1.82, 2.24) is 4.90 Å². The molecule has 0 aliphatic carbocycles. The molecule has 31 heavy (non-hydrogen) atoms. The lowest BCUT2D eigenvalue weighted by Gasteiger charge is -2.30. The molecule has 2 aromatic rings. The molecule has 1 heterocycles. The van der Waals surface area contributed by atoms with Gasteiger partial charge in [0.25, 0.3) is 0 Å². The van der Waals surface area contributed by atoms with Crippen LogP contribution < -0.4 is 4.74 Å². The van der Waals surface area contributed by atoms with Crippen LogP contribution in [0, 0.1) is 0 Å². The highest BCUT2D eigenvalue weighted by Gasteiger charge is 2.33. The zero-order valence-electron chi connectivity index (χ0n) is 18.4. The van der Waals surface area contributed by atoms with E-state index in [2.05, 4.69) is 49.9 Å². The van der Waals surface area contributed by atoms with Gasteiger partial charge in [-0.2, -0.15) is 0 Å². The number of sulfone groups is 1. The zero-order chi connectivity index (χ0) is 22.6. The van der Waals surface area contributed by atoms with Crippen molar-refractivity contribution in [3.63, 3.8) is 0 Å². The molecule has 0 amide bonds. The first kappa shape index (κ1) is 24.1. The van der Waals surface area contributed by atoms with E-state index in [1.165, 1.54) is 5.56 Å². The topological polar surface area (TPSA) is 66.8 Å². The molecule has 5 nitrogen and oxygen atoms in total. The summed E-state index contributed by atoms with van der Waals surface area (Å²) in [4.78, 5) is 2.08. The number of hydrogen-bond donors (Lipinski definition) is 1. The lowest BCUT2D eigenvalue weighted by Crippen LogP contribution is -2.42. The number of ether oxygens (including phenoxy) is 1. The molecule has 2 unspecified atom stereocenters. The highest BCUT2D eigenvalue weighted by molar-refractivity contribution is 7.91. The smallest absolute Gasteiger partial charge is 0.151 e. The van der Waals surface area contributed by atoms with Gasteiger partial charge in [0, 0.05) is 24.2 Å². The molecule has 1 N–H and O–H groups in total. The number of rotatable bonds is 8. The average molecular weight is 466 g/mol. The minimum atomic E-state index is -3.02. The van der Waals surface area contributed by atoms with Gasteiger partial charge in [-0.3, -0.25) is 4.90 Å². The maximum absolute atomic E-state index is 12.1. The third-order valence-corrected chi connectivity index (χ3v) is 7.63. The van der Waals surface area contributed by atoms with E-state index in [-0.39, 0.29) is 29.6 Å². The first-order valence-electron chi connectivity index (χ1n) is 10.6. The molecule has 7 heteroatoms. The number of halogens is 1. The summed E-state index contributed by atoms with van der Waals surface area (Å²) in [6.45, 7) is 7.58. The second-order valence-corrected chi connectivity index (χ2v) is 12.0. The van der Waals surface area contributed by atoms with Crippen LogP contribution in [0.3, 0.4) is 0 Å². The summed E-state index contributed by atoms with van der Waals surface area (Å²) in [5, 5.41) is 11.2. The summed E-state index contributed by atoms with van der Waals surface area (Å²) >= 11 is 5.89. The summed E-state index contributed by atoms with van der Waals surface area (Å²) in [7, 11) is -3.02. The third kappa shape index (κ3) is 7.21. The Morgan fingerprint density at radius 2 is 1.77 bits per heavy atom. The number of aliphatic hydroxyl groups excluding tert-OH is 1. The van der Waals surface area contributed by atoms with Crippen molar-refractivity contribution in [3.8, 4) is 5.75 Å². The Balaban J connectivity index is 1.66. The van der Waals surface area contributed by atoms with Gasteiger partial charge in [-0.05, 0) is 47.2 Å². The van der Waals surface area contributed by atoms with Crippen LogP contribution in [-0.4, -0.2) is 55.2 Å². The Hall–Kier alpha value is -1.60. The van der Waals surface area contributed by atoms with Crippen molar-refractivity contribution >= 4 is 21.4 Å². The molecule has 0 saturated carbocycles. The van der Waals surface area contributed by atoms with Crippen LogP contribution in [0.25, 0.3) is 0 Å². The van der Waals surface area contributed by atoms with Crippen LogP contribution in [-0.2, 0) is 21.8 Å². The Morgan fingerprint density at radius 1 is 1.13 bits per heavy atom. The van der Waals surface area contributed by atoms with E-state index in [9.17, 15) is 13.5 Å². The van der Waals surface area contributed by atoms with Crippen molar-refractivity contribution in [2.24, 2.45) is 0 Å². The first-order chi connectivity index (χ1) is 14.5. The molecule has 1 aliphatic rings. The van der Waals surface area contributed by atoms with Crippen LogP contribution in [0.15, 0.2) is 48.5 Å². The fourth-order valence-electron chi connectivity index (χ4n) is 3.80. The Bertz CT molecular complexity index is 953. The minimum Gasteiger partial charge on any atom is -0.491 e. The van der Waals surface area contributed by atoms with E-state index >= 15 is 0 Å². The molecule has 2 aromatic carbocycles. The molecule has 1 fully saturated rings. The van der Waals surface area contributed by atoms with Crippen molar-refractivity contribution in [1.29, 1.82) is 0 Å². The van der Waals surface area contributed by atoms with Gasteiger partial charge in [-0.15, -0.1) is 0 Å². The molecular weight excluding hydrogens is 434 g/mol. The van der Waals surface area contributed by atoms with Gasteiger partial charge in [0.1, 0.15) is 18.5 Å².